The molecular formula is C28H37NO6S. The van der Waals surface area contributed by atoms with Gasteiger partial charge in [0.05, 0.1) is 12.9 Å². The van der Waals surface area contributed by atoms with Gasteiger partial charge in [-0.2, -0.15) is 0 Å². The average Bonchev–Trinajstić information content (AvgIpc) is 3.10. The van der Waals surface area contributed by atoms with Crippen molar-refractivity contribution in [2.24, 2.45) is 5.92 Å². The lowest BCUT2D eigenvalue weighted by Gasteiger charge is -2.36. The number of fused-ring (bicyclic) bond motifs is 1. The Labute approximate surface area is 214 Å². The molecule has 0 spiro atoms. The van der Waals surface area contributed by atoms with Gasteiger partial charge in [0.15, 0.2) is 0 Å². The third-order valence-corrected chi connectivity index (χ3v) is 7.68. The summed E-state index contributed by atoms with van der Waals surface area (Å²) in [5.41, 5.74) is 1.59. The molecule has 0 bridgehead atoms. The van der Waals surface area contributed by atoms with Crippen molar-refractivity contribution in [1.29, 1.82) is 0 Å². The van der Waals surface area contributed by atoms with Gasteiger partial charge in [-0.15, -0.1) is 0 Å². The maximum atomic E-state index is 14.1. The van der Waals surface area contributed by atoms with Gasteiger partial charge in [0.25, 0.3) is 5.91 Å². The molecule has 2 aromatic carbocycles. The fraction of sp³-hybridized carbons (Fsp3) is 0.500. The standard InChI is InChI=1S/C28H37NO6S/c1-18(2)16-28(26(31)32)17-21-19(13-14-36(7,33)34)9-8-10-23(21)29(28)25(30)20-11-12-22(27(3,4)5)24(15-20)35-6/h8-12,15,18H,13-14,16-17H2,1-7H3,(H,31,32). The molecule has 8 heteroatoms. The number of benzene rings is 2. The molecule has 1 amide bonds. The monoisotopic (exact) mass is 515 g/mol. The van der Waals surface area contributed by atoms with Crippen LogP contribution in [0.3, 0.4) is 0 Å². The van der Waals surface area contributed by atoms with Crippen LogP contribution in [-0.4, -0.2) is 50.1 Å². The predicted molar refractivity (Wildman–Crippen MR) is 142 cm³/mol. The molecule has 1 atom stereocenters. The fourth-order valence-corrected chi connectivity index (χ4v) is 5.73. The topological polar surface area (TPSA) is 101 Å². The Morgan fingerprint density at radius 3 is 2.36 bits per heavy atom. The number of aryl methyl sites for hydroxylation is 1. The van der Waals surface area contributed by atoms with Crippen LogP contribution in [0.25, 0.3) is 0 Å². The molecule has 0 radical (unpaired) electrons. The number of carboxylic acids is 1. The molecule has 1 unspecified atom stereocenters. The molecule has 0 fully saturated rings. The number of aliphatic carboxylic acids is 1. The molecule has 1 aliphatic heterocycles. The minimum absolute atomic E-state index is 0.00276. The minimum Gasteiger partial charge on any atom is -0.496 e. The van der Waals surface area contributed by atoms with Gasteiger partial charge in [0.2, 0.25) is 0 Å². The third kappa shape index (κ3) is 5.43. The van der Waals surface area contributed by atoms with E-state index in [2.05, 4.69) is 20.8 Å². The largest absolute Gasteiger partial charge is 0.496 e. The lowest BCUT2D eigenvalue weighted by Crippen LogP contribution is -2.56. The van der Waals surface area contributed by atoms with Gasteiger partial charge in [-0.1, -0.05) is 52.8 Å². The van der Waals surface area contributed by atoms with E-state index in [1.165, 1.54) is 11.2 Å². The van der Waals surface area contributed by atoms with Gasteiger partial charge in [0.1, 0.15) is 21.1 Å². The van der Waals surface area contributed by atoms with Crippen molar-refractivity contribution in [3.8, 4) is 5.75 Å². The first-order valence-electron chi connectivity index (χ1n) is 12.2. The van der Waals surface area contributed by atoms with Gasteiger partial charge in [-0.05, 0) is 59.1 Å². The van der Waals surface area contributed by atoms with Crippen LogP contribution in [0.2, 0.25) is 0 Å². The first kappa shape index (κ1) is 27.7. The van der Waals surface area contributed by atoms with Gasteiger partial charge in [-0.3, -0.25) is 9.69 Å². The normalized spacial score (nSPS) is 17.8. The van der Waals surface area contributed by atoms with Gasteiger partial charge in [0, 0.05) is 23.9 Å². The first-order valence-corrected chi connectivity index (χ1v) is 14.2. The zero-order valence-electron chi connectivity index (χ0n) is 22.2. The number of methoxy groups -OCH3 is 1. The van der Waals surface area contributed by atoms with Crippen LogP contribution in [0.5, 0.6) is 5.75 Å². The van der Waals surface area contributed by atoms with Crippen LogP contribution >= 0.6 is 0 Å². The van der Waals surface area contributed by atoms with Crippen LogP contribution < -0.4 is 9.64 Å². The molecule has 7 nitrogen and oxygen atoms in total. The summed E-state index contributed by atoms with van der Waals surface area (Å²) in [5.74, 6) is -0.973. The highest BCUT2D eigenvalue weighted by Crippen LogP contribution is 2.45. The third-order valence-electron chi connectivity index (χ3n) is 6.73. The van der Waals surface area contributed by atoms with E-state index in [4.69, 9.17) is 4.74 Å². The summed E-state index contributed by atoms with van der Waals surface area (Å²) in [6.45, 7) is 10.0. The number of hydrogen-bond acceptors (Lipinski definition) is 5. The minimum atomic E-state index is -3.21. The molecule has 3 rings (SSSR count). The van der Waals surface area contributed by atoms with E-state index in [-0.39, 0.29) is 36.3 Å². The molecule has 2 aromatic rings. The van der Waals surface area contributed by atoms with E-state index in [1.54, 1.807) is 31.4 Å². The van der Waals surface area contributed by atoms with E-state index in [1.807, 2.05) is 26.0 Å². The highest BCUT2D eigenvalue weighted by Gasteiger charge is 2.53. The van der Waals surface area contributed by atoms with E-state index in [9.17, 15) is 23.1 Å². The molecule has 1 aliphatic rings. The van der Waals surface area contributed by atoms with E-state index in [0.29, 0.717) is 17.0 Å². The smallest absolute Gasteiger partial charge is 0.330 e. The van der Waals surface area contributed by atoms with Crippen LogP contribution in [-0.2, 0) is 32.9 Å². The number of hydrogen-bond donors (Lipinski definition) is 1. The number of nitrogens with zero attached hydrogens (tertiary/aromatic N) is 1. The quantitative estimate of drug-likeness (QED) is 0.549. The second kappa shape index (κ2) is 9.88. The van der Waals surface area contributed by atoms with Crippen LogP contribution in [0, 0.1) is 5.92 Å². The molecular weight excluding hydrogens is 478 g/mol. The van der Waals surface area contributed by atoms with Crippen LogP contribution in [0.4, 0.5) is 5.69 Å². The zero-order chi connectivity index (χ0) is 27.1. The molecule has 1 N–H and O–H groups in total. The number of amides is 1. The predicted octanol–water partition coefficient (Wildman–Crippen LogP) is 4.65. The second-order valence-electron chi connectivity index (χ2n) is 11.2. The van der Waals surface area contributed by atoms with Crippen molar-refractivity contribution in [3.63, 3.8) is 0 Å². The van der Waals surface area contributed by atoms with Gasteiger partial charge < -0.3 is 9.84 Å². The summed E-state index contributed by atoms with van der Waals surface area (Å²) in [4.78, 5) is 28.4. The summed E-state index contributed by atoms with van der Waals surface area (Å²) in [6.07, 6.45) is 1.82. The number of anilines is 1. The summed E-state index contributed by atoms with van der Waals surface area (Å²) in [6, 6.07) is 10.6. The Bertz CT molecular complexity index is 1280. The van der Waals surface area contributed by atoms with E-state index >= 15 is 0 Å². The van der Waals surface area contributed by atoms with E-state index < -0.39 is 27.3 Å². The molecule has 36 heavy (non-hydrogen) atoms. The van der Waals surface area contributed by atoms with E-state index in [0.717, 1.165) is 16.7 Å². The summed E-state index contributed by atoms with van der Waals surface area (Å²) in [7, 11) is -1.66. The van der Waals surface area contributed by atoms with Crippen molar-refractivity contribution in [2.75, 3.05) is 24.0 Å². The maximum absolute atomic E-state index is 14.1. The lowest BCUT2D eigenvalue weighted by molar-refractivity contribution is -0.143. The Kier molecular flexibility index (Phi) is 7.61. The number of carbonyl (C=O) groups excluding carboxylic acids is 1. The summed E-state index contributed by atoms with van der Waals surface area (Å²) in [5, 5.41) is 10.5. The maximum Gasteiger partial charge on any atom is 0.330 e. The highest BCUT2D eigenvalue weighted by atomic mass is 32.2. The van der Waals surface area contributed by atoms with Gasteiger partial charge >= 0.3 is 5.97 Å². The molecule has 0 aliphatic carbocycles. The fourth-order valence-electron chi connectivity index (χ4n) is 5.14. The highest BCUT2D eigenvalue weighted by molar-refractivity contribution is 7.90. The van der Waals surface area contributed by atoms with Crippen molar-refractivity contribution >= 4 is 27.4 Å². The Balaban J connectivity index is 2.19. The number of carbonyl (C=O) groups is 2. The van der Waals surface area contributed by atoms with Crippen molar-refractivity contribution in [2.45, 2.75) is 64.8 Å². The molecule has 1 heterocycles. The Hall–Kier alpha value is -2.87. The van der Waals surface area contributed by atoms with Crippen molar-refractivity contribution < 1.29 is 27.9 Å². The molecule has 0 saturated heterocycles. The molecule has 0 saturated carbocycles. The van der Waals surface area contributed by atoms with Gasteiger partial charge in [-0.25, -0.2) is 13.2 Å². The second-order valence-corrected chi connectivity index (χ2v) is 13.5. The van der Waals surface area contributed by atoms with Crippen LogP contribution in [0.15, 0.2) is 36.4 Å². The number of carboxylic acid groups (broad SMARTS) is 1. The molecule has 196 valence electrons. The zero-order valence-corrected chi connectivity index (χ0v) is 23.0. The lowest BCUT2D eigenvalue weighted by atomic mass is 9.83. The SMILES string of the molecule is COc1cc(C(=O)N2c3cccc(CCS(C)(=O)=O)c3CC2(CC(C)C)C(=O)O)ccc1C(C)(C)C. The molecule has 0 aromatic heterocycles. The Morgan fingerprint density at radius 1 is 1.17 bits per heavy atom. The number of ether oxygens (including phenoxy) is 1. The number of sulfone groups is 1. The Morgan fingerprint density at radius 2 is 1.83 bits per heavy atom. The average molecular weight is 516 g/mol. The van der Waals surface area contributed by atoms with Crippen LogP contribution in [0.1, 0.15) is 68.1 Å². The first-order chi connectivity index (χ1) is 16.6. The van der Waals surface area contributed by atoms with Crippen molar-refractivity contribution in [3.05, 3.63) is 58.7 Å². The number of rotatable bonds is 8. The summed E-state index contributed by atoms with van der Waals surface area (Å²) < 4.78 is 29.3. The van der Waals surface area contributed by atoms with Crippen molar-refractivity contribution in [1.82, 2.24) is 0 Å². The summed E-state index contributed by atoms with van der Waals surface area (Å²) >= 11 is 0.